The van der Waals surface area contributed by atoms with E-state index in [9.17, 15) is 4.79 Å². The van der Waals surface area contributed by atoms with Crippen LogP contribution in [0.15, 0.2) is 24.5 Å². The molecule has 2 aromatic heterocycles. The number of anilines is 2. The van der Waals surface area contributed by atoms with E-state index in [2.05, 4.69) is 31.9 Å². The Hall–Kier alpha value is -2.82. The number of morpholine rings is 1. The molecule has 2 aromatic rings. The lowest BCUT2D eigenvalue weighted by Gasteiger charge is -2.26. The van der Waals surface area contributed by atoms with E-state index in [1.807, 2.05) is 18.5 Å². The molecule has 2 aliphatic heterocycles. The van der Waals surface area contributed by atoms with Gasteiger partial charge in [0.15, 0.2) is 0 Å². The van der Waals surface area contributed by atoms with Gasteiger partial charge < -0.3 is 26.4 Å². The van der Waals surface area contributed by atoms with Crippen LogP contribution in [0.25, 0.3) is 11.3 Å². The number of hydrogen-bond donors (Lipinski definition) is 4. The Morgan fingerprint density at radius 3 is 2.44 bits per heavy atom. The summed E-state index contributed by atoms with van der Waals surface area (Å²) in [6.45, 7) is 6.59. The van der Waals surface area contributed by atoms with Crippen LogP contribution in [-0.4, -0.2) is 77.7 Å². The van der Waals surface area contributed by atoms with Crippen LogP contribution in [0, 0.1) is 0 Å². The van der Waals surface area contributed by atoms with Gasteiger partial charge in [-0.2, -0.15) is 4.98 Å². The number of amides is 1. The molecule has 0 radical (unpaired) electrons. The van der Waals surface area contributed by atoms with Crippen molar-refractivity contribution in [3.8, 4) is 11.3 Å². The van der Waals surface area contributed by atoms with Gasteiger partial charge in [-0.1, -0.05) is 18.9 Å². The average molecular weight is 497 g/mol. The van der Waals surface area contributed by atoms with Crippen molar-refractivity contribution in [3.05, 3.63) is 30.1 Å². The van der Waals surface area contributed by atoms with Crippen molar-refractivity contribution in [3.63, 3.8) is 0 Å². The van der Waals surface area contributed by atoms with E-state index in [1.165, 1.54) is 5.56 Å². The number of nitrogens with one attached hydrogen (secondary N) is 3. The predicted octanol–water partition coefficient (Wildman–Crippen LogP) is 2.38. The van der Waals surface area contributed by atoms with E-state index in [-0.39, 0.29) is 5.91 Å². The summed E-state index contributed by atoms with van der Waals surface area (Å²) in [4.78, 5) is 28.6. The first-order chi connectivity index (χ1) is 17.7. The Bertz CT molecular complexity index is 949. The molecule has 1 saturated heterocycles. The van der Waals surface area contributed by atoms with Crippen molar-refractivity contribution in [2.24, 2.45) is 5.73 Å². The highest BCUT2D eigenvalue weighted by atomic mass is 16.5. The van der Waals surface area contributed by atoms with Crippen molar-refractivity contribution in [1.29, 1.82) is 0 Å². The van der Waals surface area contributed by atoms with Crippen molar-refractivity contribution in [1.82, 2.24) is 25.2 Å². The fourth-order valence-electron chi connectivity index (χ4n) is 4.46. The molecule has 2 bridgehead atoms. The Morgan fingerprint density at radius 1 is 0.917 bits per heavy atom. The molecule has 10 heteroatoms. The summed E-state index contributed by atoms with van der Waals surface area (Å²) in [5.74, 6) is 1.35. The zero-order valence-electron chi connectivity index (χ0n) is 21.2. The molecule has 0 spiro atoms. The van der Waals surface area contributed by atoms with Gasteiger partial charge in [-0.3, -0.25) is 14.7 Å². The van der Waals surface area contributed by atoms with Crippen LogP contribution in [-0.2, 0) is 16.1 Å². The largest absolute Gasteiger partial charge is 0.379 e. The van der Waals surface area contributed by atoms with E-state index >= 15 is 0 Å². The van der Waals surface area contributed by atoms with Gasteiger partial charge in [0.2, 0.25) is 11.9 Å². The topological polar surface area (TPSA) is 130 Å². The second-order valence-corrected chi connectivity index (χ2v) is 9.56. The van der Waals surface area contributed by atoms with Gasteiger partial charge in [0.25, 0.3) is 0 Å². The molecular weight excluding hydrogens is 456 g/mol. The molecule has 2 aliphatic rings. The molecule has 0 saturated carbocycles. The van der Waals surface area contributed by atoms with E-state index in [4.69, 9.17) is 20.4 Å². The lowest BCUT2D eigenvalue weighted by Crippen LogP contribution is -2.40. The molecule has 5 N–H and O–H groups in total. The molecule has 4 rings (SSSR count). The molecule has 4 heterocycles. The number of fused-ring (bicyclic) bond motifs is 2. The maximum atomic E-state index is 12.2. The smallest absolute Gasteiger partial charge is 0.236 e. The Kier molecular flexibility index (Phi) is 10.2. The Balaban J connectivity index is 1.43. The summed E-state index contributed by atoms with van der Waals surface area (Å²) in [5.41, 5.74) is 8.98. The minimum Gasteiger partial charge on any atom is -0.379 e. The highest BCUT2D eigenvalue weighted by Crippen LogP contribution is 2.26. The Morgan fingerprint density at radius 2 is 1.67 bits per heavy atom. The number of hydrogen-bond acceptors (Lipinski definition) is 9. The molecule has 36 heavy (non-hydrogen) atoms. The molecule has 1 amide bonds. The predicted molar refractivity (Wildman–Crippen MR) is 142 cm³/mol. The van der Waals surface area contributed by atoms with Gasteiger partial charge in [-0.05, 0) is 43.7 Å². The van der Waals surface area contributed by atoms with Crippen LogP contribution in [0.4, 0.5) is 11.8 Å². The maximum absolute atomic E-state index is 12.2. The molecule has 0 unspecified atom stereocenters. The van der Waals surface area contributed by atoms with E-state index < -0.39 is 6.04 Å². The molecule has 0 aliphatic carbocycles. The number of rotatable bonds is 3. The second kappa shape index (κ2) is 14.1. The number of carbonyl (C=O) groups excluding carboxylic acids is 1. The summed E-state index contributed by atoms with van der Waals surface area (Å²) in [6, 6.07) is 3.72. The van der Waals surface area contributed by atoms with Crippen LogP contribution in [0.1, 0.15) is 50.5 Å². The normalized spacial score (nSPS) is 21.4. The van der Waals surface area contributed by atoms with Gasteiger partial charge >= 0.3 is 0 Å². The maximum Gasteiger partial charge on any atom is 0.236 e. The van der Waals surface area contributed by atoms with Gasteiger partial charge in [0, 0.05) is 51.7 Å². The van der Waals surface area contributed by atoms with Crippen LogP contribution in [0.2, 0.25) is 0 Å². The number of ether oxygens (including phenoxy) is 1. The summed E-state index contributed by atoms with van der Waals surface area (Å²) in [6.07, 6.45) is 10.3. The molecule has 10 nitrogen and oxygen atoms in total. The third-order valence-electron chi connectivity index (χ3n) is 6.66. The summed E-state index contributed by atoms with van der Waals surface area (Å²) in [7, 11) is 0. The van der Waals surface area contributed by atoms with Gasteiger partial charge in [-0.15, -0.1) is 0 Å². The van der Waals surface area contributed by atoms with Gasteiger partial charge in [-0.25, -0.2) is 4.98 Å². The summed E-state index contributed by atoms with van der Waals surface area (Å²) >= 11 is 0. The van der Waals surface area contributed by atoms with E-state index in [0.29, 0.717) is 18.9 Å². The number of aromatic nitrogens is 3. The molecule has 0 aromatic carbocycles. The van der Waals surface area contributed by atoms with Crippen molar-refractivity contribution in [2.75, 3.05) is 56.6 Å². The van der Waals surface area contributed by atoms with Crippen molar-refractivity contribution < 1.29 is 9.53 Å². The van der Waals surface area contributed by atoms with Gasteiger partial charge in [0.1, 0.15) is 5.82 Å². The quantitative estimate of drug-likeness (QED) is 0.506. The number of pyridine rings is 1. The fraction of sp³-hybridized carbons (Fsp3) is 0.615. The highest BCUT2D eigenvalue weighted by Gasteiger charge is 2.15. The Labute approximate surface area is 213 Å². The van der Waals surface area contributed by atoms with Crippen LogP contribution in [0.5, 0.6) is 0 Å². The first kappa shape index (κ1) is 26.2. The fourth-order valence-corrected chi connectivity index (χ4v) is 4.46. The molecule has 1 atom stereocenters. The first-order valence-electron chi connectivity index (χ1n) is 13.3. The highest BCUT2D eigenvalue weighted by molar-refractivity contribution is 5.81. The molecule has 1 fully saturated rings. The molecule has 196 valence electrons. The molecular formula is C26H40N8O2. The second-order valence-electron chi connectivity index (χ2n) is 9.56. The third-order valence-corrected chi connectivity index (χ3v) is 6.66. The van der Waals surface area contributed by atoms with E-state index in [0.717, 1.165) is 102 Å². The average Bonchev–Trinajstić information content (AvgIpc) is 2.90. The zero-order chi connectivity index (χ0) is 25.0. The third kappa shape index (κ3) is 8.11. The van der Waals surface area contributed by atoms with E-state index in [1.54, 1.807) is 0 Å². The van der Waals surface area contributed by atoms with Crippen LogP contribution in [0.3, 0.4) is 0 Å². The minimum absolute atomic E-state index is 0.0448. The SMILES string of the molecule is N[C@H]1CCCCNc2nc(ncc2-c2ccc(CN3CCOCC3)cn2)NCCCCCCNC1=O. The van der Waals surface area contributed by atoms with Crippen molar-refractivity contribution in [2.45, 2.75) is 57.5 Å². The summed E-state index contributed by atoms with van der Waals surface area (Å²) in [5, 5.41) is 9.78. The zero-order valence-corrected chi connectivity index (χ0v) is 21.2. The lowest BCUT2D eigenvalue weighted by atomic mass is 10.1. The monoisotopic (exact) mass is 496 g/mol. The standard InChI is InChI=1S/C26H40N8O2/c27-22-7-3-6-10-28-24-21(23-9-8-20(17-31-23)19-34-13-15-36-16-14-34)18-32-26(33-24)30-12-5-2-1-4-11-29-25(22)35/h8-9,17-18,22H,1-7,10-16,19,27H2,(H,29,35)(H2,28,30,32,33)/t22-/m0/s1. The minimum atomic E-state index is -0.450. The number of nitrogens with two attached hydrogens (primary N) is 1. The number of nitrogens with zero attached hydrogens (tertiary/aromatic N) is 4. The first-order valence-corrected chi connectivity index (χ1v) is 13.3. The van der Waals surface area contributed by atoms with Gasteiger partial charge in [0.05, 0.1) is 30.5 Å². The van der Waals surface area contributed by atoms with Crippen LogP contribution < -0.4 is 21.7 Å². The van der Waals surface area contributed by atoms with Crippen LogP contribution >= 0.6 is 0 Å². The lowest BCUT2D eigenvalue weighted by molar-refractivity contribution is -0.122. The number of carbonyl (C=O) groups is 1. The summed E-state index contributed by atoms with van der Waals surface area (Å²) < 4.78 is 5.44. The van der Waals surface area contributed by atoms with Crippen molar-refractivity contribution >= 4 is 17.7 Å².